The van der Waals surface area contributed by atoms with Crippen LogP contribution < -0.4 is 15.2 Å². The molecule has 0 radical (unpaired) electrons. The average Bonchev–Trinajstić information content (AvgIpc) is 2.47. The maximum absolute atomic E-state index is 11.1. The molecule has 0 aliphatic rings. The molecule has 0 aliphatic carbocycles. The lowest BCUT2D eigenvalue weighted by atomic mass is 10.2. The zero-order valence-electron chi connectivity index (χ0n) is 11.2. The summed E-state index contributed by atoms with van der Waals surface area (Å²) in [6.07, 6.45) is 0. The molecule has 0 bridgehead atoms. The van der Waals surface area contributed by atoms with E-state index >= 15 is 0 Å². The molecule has 0 saturated carbocycles. The quantitative estimate of drug-likeness (QED) is 0.674. The molecule has 2 N–H and O–H groups in total. The van der Waals surface area contributed by atoms with Gasteiger partial charge >= 0.3 is 5.69 Å². The van der Waals surface area contributed by atoms with E-state index in [-0.39, 0.29) is 11.4 Å². The second-order valence-electron chi connectivity index (χ2n) is 4.15. The minimum absolute atomic E-state index is 0.109. The van der Waals surface area contributed by atoms with E-state index in [1.807, 2.05) is 0 Å². The van der Waals surface area contributed by atoms with Gasteiger partial charge in [0.05, 0.1) is 18.1 Å². The summed E-state index contributed by atoms with van der Waals surface area (Å²) in [5, 5.41) is 11.5. The summed E-state index contributed by atoms with van der Waals surface area (Å²) in [4.78, 5) is 10.5. The van der Waals surface area contributed by atoms with Gasteiger partial charge in [-0.25, -0.2) is 0 Å². The summed E-state index contributed by atoms with van der Waals surface area (Å²) in [5.74, 6) is 0.883. The van der Waals surface area contributed by atoms with Gasteiger partial charge in [-0.2, -0.15) is 0 Å². The van der Waals surface area contributed by atoms with E-state index in [1.165, 1.54) is 19.2 Å². The van der Waals surface area contributed by atoms with Crippen LogP contribution in [0.15, 0.2) is 36.4 Å². The van der Waals surface area contributed by atoms with E-state index in [0.29, 0.717) is 23.1 Å². The monoisotopic (exact) mass is 308 g/mol. The third kappa shape index (κ3) is 3.42. The predicted molar refractivity (Wildman–Crippen MR) is 79.1 cm³/mol. The molecular formula is C14H13ClN2O4. The number of halogens is 1. The van der Waals surface area contributed by atoms with Crippen molar-refractivity contribution in [2.45, 2.75) is 6.54 Å². The van der Waals surface area contributed by atoms with Crippen molar-refractivity contribution in [1.82, 2.24) is 0 Å². The van der Waals surface area contributed by atoms with E-state index in [9.17, 15) is 10.1 Å². The van der Waals surface area contributed by atoms with E-state index in [2.05, 4.69) is 0 Å². The maximum Gasteiger partial charge on any atom is 0.315 e. The Morgan fingerprint density at radius 2 is 1.95 bits per heavy atom. The van der Waals surface area contributed by atoms with Crippen LogP contribution in [0.5, 0.6) is 17.2 Å². The zero-order valence-corrected chi connectivity index (χ0v) is 12.0. The maximum atomic E-state index is 11.1. The Morgan fingerprint density at radius 1 is 1.24 bits per heavy atom. The molecule has 0 fully saturated rings. The van der Waals surface area contributed by atoms with Gasteiger partial charge in [0, 0.05) is 11.6 Å². The van der Waals surface area contributed by atoms with E-state index in [1.54, 1.807) is 24.3 Å². The molecule has 0 atom stereocenters. The van der Waals surface area contributed by atoms with Crippen LogP contribution in [0, 0.1) is 10.1 Å². The number of benzene rings is 2. The Morgan fingerprint density at radius 3 is 2.52 bits per heavy atom. The van der Waals surface area contributed by atoms with Gasteiger partial charge in [-0.05, 0) is 29.8 Å². The van der Waals surface area contributed by atoms with Crippen molar-refractivity contribution in [3.8, 4) is 17.2 Å². The Balaban J connectivity index is 2.35. The van der Waals surface area contributed by atoms with E-state index < -0.39 is 4.92 Å². The second kappa shape index (κ2) is 6.43. The minimum Gasteiger partial charge on any atom is -0.496 e. The smallest absolute Gasteiger partial charge is 0.315 e. The van der Waals surface area contributed by atoms with E-state index in [4.69, 9.17) is 26.8 Å². The molecule has 2 aromatic carbocycles. The third-order valence-corrected chi connectivity index (χ3v) is 3.19. The Kier molecular flexibility index (Phi) is 4.62. The van der Waals surface area contributed by atoms with Gasteiger partial charge in [0.25, 0.3) is 0 Å². The van der Waals surface area contributed by atoms with Crippen LogP contribution in [0.3, 0.4) is 0 Å². The SMILES string of the molecule is COc1ccc(Oc2ccc(CN)c(Cl)c2)c([N+](=O)[O-])c1. The van der Waals surface area contributed by atoms with Crippen LogP contribution in [-0.2, 0) is 6.54 Å². The number of hydrogen-bond donors (Lipinski definition) is 1. The van der Waals surface area contributed by atoms with Crippen LogP contribution >= 0.6 is 11.6 Å². The lowest BCUT2D eigenvalue weighted by Gasteiger charge is -2.09. The molecule has 2 aromatic rings. The molecule has 0 aromatic heterocycles. The minimum atomic E-state index is -0.534. The first-order valence-electron chi connectivity index (χ1n) is 6.04. The standard InChI is InChI=1S/C14H13ClN2O4/c1-20-10-4-5-14(13(7-10)17(18)19)21-11-3-2-9(8-16)12(15)6-11/h2-7H,8,16H2,1H3. The van der Waals surface area contributed by atoms with Gasteiger partial charge in [0.2, 0.25) is 5.75 Å². The van der Waals surface area contributed by atoms with Gasteiger partial charge in [0.15, 0.2) is 0 Å². The molecule has 0 aliphatic heterocycles. The lowest BCUT2D eigenvalue weighted by molar-refractivity contribution is -0.385. The number of ether oxygens (including phenoxy) is 2. The lowest BCUT2D eigenvalue weighted by Crippen LogP contribution is -1.98. The van der Waals surface area contributed by atoms with Gasteiger partial charge < -0.3 is 15.2 Å². The van der Waals surface area contributed by atoms with Crippen LogP contribution in [0.2, 0.25) is 5.02 Å². The van der Waals surface area contributed by atoms with Crippen molar-refractivity contribution >= 4 is 17.3 Å². The highest BCUT2D eigenvalue weighted by atomic mass is 35.5. The fourth-order valence-electron chi connectivity index (χ4n) is 1.74. The molecular weight excluding hydrogens is 296 g/mol. The summed E-state index contributed by atoms with van der Waals surface area (Å²) >= 11 is 6.03. The highest BCUT2D eigenvalue weighted by Gasteiger charge is 2.17. The highest BCUT2D eigenvalue weighted by molar-refractivity contribution is 6.31. The Labute approximate surface area is 126 Å². The number of nitrogens with two attached hydrogens (primary N) is 1. The summed E-state index contributed by atoms with van der Waals surface area (Å²) in [6, 6.07) is 9.29. The van der Waals surface area contributed by atoms with Gasteiger partial charge in [0.1, 0.15) is 11.5 Å². The molecule has 110 valence electrons. The molecule has 0 saturated heterocycles. The molecule has 7 heteroatoms. The molecule has 0 unspecified atom stereocenters. The fourth-order valence-corrected chi connectivity index (χ4v) is 1.98. The molecule has 6 nitrogen and oxygen atoms in total. The first kappa shape index (κ1) is 15.1. The first-order chi connectivity index (χ1) is 10.0. The highest BCUT2D eigenvalue weighted by Crippen LogP contribution is 2.35. The molecule has 0 heterocycles. The molecule has 21 heavy (non-hydrogen) atoms. The molecule has 0 spiro atoms. The summed E-state index contributed by atoms with van der Waals surface area (Å²) < 4.78 is 10.5. The van der Waals surface area contributed by atoms with Gasteiger partial charge in [-0.15, -0.1) is 0 Å². The van der Waals surface area contributed by atoms with Crippen LogP contribution in [0.25, 0.3) is 0 Å². The topological polar surface area (TPSA) is 87.6 Å². The third-order valence-electron chi connectivity index (χ3n) is 2.84. The summed E-state index contributed by atoms with van der Waals surface area (Å²) in [5.41, 5.74) is 6.11. The summed E-state index contributed by atoms with van der Waals surface area (Å²) in [6.45, 7) is 0.307. The average molecular weight is 309 g/mol. The van der Waals surface area contributed by atoms with Crippen molar-refractivity contribution in [3.05, 3.63) is 57.1 Å². The van der Waals surface area contributed by atoms with Crippen LogP contribution in [-0.4, -0.2) is 12.0 Å². The van der Waals surface area contributed by atoms with E-state index in [0.717, 1.165) is 5.56 Å². The molecule has 2 rings (SSSR count). The largest absolute Gasteiger partial charge is 0.496 e. The fraction of sp³-hybridized carbons (Fsp3) is 0.143. The number of nitrogens with zero attached hydrogens (tertiary/aromatic N) is 1. The number of hydrogen-bond acceptors (Lipinski definition) is 5. The summed E-state index contributed by atoms with van der Waals surface area (Å²) in [7, 11) is 1.44. The van der Waals surface area contributed by atoms with Crippen molar-refractivity contribution in [2.24, 2.45) is 5.73 Å². The van der Waals surface area contributed by atoms with Crippen LogP contribution in [0.4, 0.5) is 5.69 Å². The van der Waals surface area contributed by atoms with Crippen LogP contribution in [0.1, 0.15) is 5.56 Å². The first-order valence-corrected chi connectivity index (χ1v) is 6.41. The van der Waals surface area contributed by atoms with Crippen molar-refractivity contribution in [1.29, 1.82) is 0 Å². The van der Waals surface area contributed by atoms with Crippen molar-refractivity contribution < 1.29 is 14.4 Å². The Hall–Kier alpha value is -2.31. The van der Waals surface area contributed by atoms with Crippen molar-refractivity contribution in [3.63, 3.8) is 0 Å². The Bertz CT molecular complexity index is 676. The zero-order chi connectivity index (χ0) is 15.4. The normalized spacial score (nSPS) is 10.2. The number of rotatable bonds is 5. The number of nitro benzene ring substituents is 1. The number of methoxy groups -OCH3 is 1. The van der Waals surface area contributed by atoms with Gasteiger partial charge in [-0.3, -0.25) is 10.1 Å². The molecule has 0 amide bonds. The number of nitro groups is 1. The van der Waals surface area contributed by atoms with Gasteiger partial charge in [-0.1, -0.05) is 17.7 Å². The second-order valence-corrected chi connectivity index (χ2v) is 4.56. The predicted octanol–water partition coefficient (Wildman–Crippen LogP) is 3.51. The van der Waals surface area contributed by atoms with Crippen molar-refractivity contribution in [2.75, 3.05) is 7.11 Å².